The Morgan fingerprint density at radius 2 is 0.949 bits per heavy atom. The molecule has 2 nitrogen and oxygen atoms in total. The van der Waals surface area contributed by atoms with Gasteiger partial charge in [-0.1, -0.05) is 166 Å². The van der Waals surface area contributed by atoms with Crippen molar-refractivity contribution in [3.8, 4) is 33.4 Å². The maximum atomic E-state index is 2.48. The molecule has 2 aliphatic rings. The molecule has 282 valence electrons. The van der Waals surface area contributed by atoms with E-state index in [0.29, 0.717) is 0 Å². The standard InChI is InChI=1S/C57H44N2/c1-57(2)52-21-13-20-48(43-28-34-46(35-29-43)59-54-22-11-9-18-49(54)50-19-10-12-23-55(50)59)56(52)51-37-36-47(38-53(51)57)58(44-30-24-41(25-31-44)39-14-5-3-6-15-39)45-32-26-42(27-33-45)40-16-7-4-8-17-40/h3-28,30-34,36-38H,29,35H2,1-2H3. The van der Waals surface area contributed by atoms with E-state index >= 15 is 0 Å². The molecule has 0 amide bonds. The van der Waals surface area contributed by atoms with E-state index in [1.165, 1.54) is 83.1 Å². The van der Waals surface area contributed by atoms with Gasteiger partial charge in [-0.25, -0.2) is 0 Å². The molecule has 0 N–H and O–H groups in total. The zero-order chi connectivity index (χ0) is 39.5. The molecule has 59 heavy (non-hydrogen) atoms. The zero-order valence-electron chi connectivity index (χ0n) is 33.4. The average Bonchev–Trinajstić information content (AvgIpc) is 3.76. The van der Waals surface area contributed by atoms with E-state index in [0.717, 1.165) is 29.9 Å². The second kappa shape index (κ2) is 14.0. The molecular weight excluding hydrogens is 713 g/mol. The third kappa shape index (κ3) is 5.86. The van der Waals surface area contributed by atoms with Crippen molar-refractivity contribution in [1.82, 2.24) is 4.57 Å². The fourth-order valence-corrected chi connectivity index (χ4v) is 9.77. The summed E-state index contributed by atoms with van der Waals surface area (Å²) in [5.41, 5.74) is 20.2. The summed E-state index contributed by atoms with van der Waals surface area (Å²) in [6, 6.07) is 71.0. The Labute approximate surface area is 346 Å². The molecule has 2 heteroatoms. The molecule has 0 unspecified atom stereocenters. The van der Waals surface area contributed by atoms with Crippen LogP contribution in [0.2, 0.25) is 0 Å². The van der Waals surface area contributed by atoms with Gasteiger partial charge in [-0.3, -0.25) is 0 Å². The van der Waals surface area contributed by atoms with E-state index in [1.54, 1.807) is 0 Å². The fourth-order valence-electron chi connectivity index (χ4n) is 9.77. The molecule has 0 spiro atoms. The van der Waals surface area contributed by atoms with Gasteiger partial charge in [-0.15, -0.1) is 0 Å². The van der Waals surface area contributed by atoms with Crippen LogP contribution in [-0.2, 0) is 5.41 Å². The van der Waals surface area contributed by atoms with Crippen molar-refractivity contribution in [3.63, 3.8) is 0 Å². The fraction of sp³-hybridized carbons (Fsp3) is 0.0877. The number of para-hydroxylation sites is 2. The summed E-state index contributed by atoms with van der Waals surface area (Å²) in [5, 5.41) is 2.62. The first-order valence-corrected chi connectivity index (χ1v) is 20.8. The molecule has 0 saturated heterocycles. The molecule has 1 aromatic heterocycles. The Hall–Kier alpha value is -7.16. The Balaban J connectivity index is 0.994. The molecule has 8 aromatic carbocycles. The van der Waals surface area contributed by atoms with Crippen LogP contribution in [0, 0.1) is 0 Å². The van der Waals surface area contributed by atoms with Crippen LogP contribution in [-0.4, -0.2) is 4.57 Å². The predicted molar refractivity (Wildman–Crippen MR) is 250 cm³/mol. The molecule has 0 aliphatic heterocycles. The normalized spacial score (nSPS) is 14.1. The first-order chi connectivity index (χ1) is 29.0. The number of anilines is 3. The summed E-state index contributed by atoms with van der Waals surface area (Å²) >= 11 is 0. The highest BCUT2D eigenvalue weighted by Gasteiger charge is 2.38. The zero-order valence-corrected chi connectivity index (χ0v) is 33.4. The van der Waals surface area contributed by atoms with E-state index in [-0.39, 0.29) is 5.41 Å². The smallest absolute Gasteiger partial charge is 0.0537 e. The van der Waals surface area contributed by atoms with Gasteiger partial charge in [0.1, 0.15) is 0 Å². The third-order valence-electron chi connectivity index (χ3n) is 12.7. The Kier molecular flexibility index (Phi) is 8.34. The lowest BCUT2D eigenvalue weighted by atomic mass is 9.81. The van der Waals surface area contributed by atoms with Gasteiger partial charge in [0.25, 0.3) is 0 Å². The number of allylic oxidation sites excluding steroid dienone is 4. The monoisotopic (exact) mass is 756 g/mol. The molecular formula is C57H44N2. The van der Waals surface area contributed by atoms with Crippen molar-refractivity contribution in [2.24, 2.45) is 0 Å². The number of aromatic nitrogens is 1. The Morgan fingerprint density at radius 3 is 1.51 bits per heavy atom. The number of hydrogen-bond acceptors (Lipinski definition) is 1. The number of fused-ring (bicyclic) bond motifs is 6. The van der Waals surface area contributed by atoms with Gasteiger partial charge < -0.3 is 9.47 Å². The minimum absolute atomic E-state index is 0.171. The molecule has 0 fully saturated rings. The number of nitrogens with zero attached hydrogens (tertiary/aromatic N) is 2. The van der Waals surface area contributed by atoms with Crippen LogP contribution in [0.5, 0.6) is 0 Å². The summed E-state index contributed by atoms with van der Waals surface area (Å²) in [4.78, 5) is 2.41. The second-order valence-electron chi connectivity index (χ2n) is 16.5. The van der Waals surface area contributed by atoms with Crippen LogP contribution in [0.3, 0.4) is 0 Å². The van der Waals surface area contributed by atoms with Crippen molar-refractivity contribution in [3.05, 3.63) is 223 Å². The molecule has 0 atom stereocenters. The topological polar surface area (TPSA) is 8.17 Å². The van der Waals surface area contributed by atoms with E-state index in [2.05, 4.69) is 230 Å². The first kappa shape index (κ1) is 35.0. The van der Waals surface area contributed by atoms with Crippen molar-refractivity contribution < 1.29 is 0 Å². The van der Waals surface area contributed by atoms with Crippen LogP contribution >= 0.6 is 0 Å². The summed E-state index contributed by atoms with van der Waals surface area (Å²) in [7, 11) is 0. The summed E-state index contributed by atoms with van der Waals surface area (Å²) in [6.45, 7) is 4.79. The maximum absolute atomic E-state index is 2.48. The average molecular weight is 757 g/mol. The van der Waals surface area contributed by atoms with Crippen molar-refractivity contribution in [2.45, 2.75) is 32.1 Å². The maximum Gasteiger partial charge on any atom is 0.0537 e. The lowest BCUT2D eigenvalue weighted by Crippen LogP contribution is -2.16. The van der Waals surface area contributed by atoms with Gasteiger partial charge in [0.2, 0.25) is 0 Å². The molecule has 2 aliphatic carbocycles. The van der Waals surface area contributed by atoms with Crippen LogP contribution < -0.4 is 4.90 Å². The lowest BCUT2D eigenvalue weighted by molar-refractivity contribution is 0.660. The SMILES string of the molecule is CC1(C)c2cc(N(c3ccc(-c4ccccc4)cc3)c3ccc(-c4ccccc4)cc3)ccc2-c2c(C3=CC=C(n4c5ccccc5c5ccccc54)CC3)cccc21. The van der Waals surface area contributed by atoms with Gasteiger partial charge in [-0.2, -0.15) is 0 Å². The minimum Gasteiger partial charge on any atom is -0.313 e. The van der Waals surface area contributed by atoms with Crippen LogP contribution in [0.25, 0.3) is 66.5 Å². The number of benzene rings is 8. The molecule has 9 aromatic rings. The quantitative estimate of drug-likeness (QED) is 0.157. The summed E-state index contributed by atoms with van der Waals surface area (Å²) in [5.74, 6) is 0. The van der Waals surface area contributed by atoms with Crippen LogP contribution in [0.15, 0.2) is 206 Å². The number of rotatable bonds is 7. The predicted octanol–water partition coefficient (Wildman–Crippen LogP) is 15.6. The van der Waals surface area contributed by atoms with Crippen LogP contribution in [0.1, 0.15) is 43.4 Å². The largest absolute Gasteiger partial charge is 0.313 e. The molecule has 11 rings (SSSR count). The van der Waals surface area contributed by atoms with Crippen LogP contribution in [0.4, 0.5) is 17.1 Å². The van der Waals surface area contributed by atoms with Gasteiger partial charge in [0.15, 0.2) is 0 Å². The third-order valence-corrected chi connectivity index (χ3v) is 12.7. The summed E-state index contributed by atoms with van der Waals surface area (Å²) in [6.07, 6.45) is 6.72. The number of hydrogen-bond donors (Lipinski definition) is 0. The Bertz CT molecular complexity index is 2950. The summed E-state index contributed by atoms with van der Waals surface area (Å²) < 4.78 is 2.48. The first-order valence-electron chi connectivity index (χ1n) is 20.8. The van der Waals surface area contributed by atoms with Gasteiger partial charge in [0.05, 0.1) is 11.0 Å². The van der Waals surface area contributed by atoms with Crippen molar-refractivity contribution >= 4 is 50.1 Å². The van der Waals surface area contributed by atoms with Gasteiger partial charge in [0, 0.05) is 38.9 Å². The van der Waals surface area contributed by atoms with Gasteiger partial charge in [-0.05, 0) is 123 Å². The minimum atomic E-state index is -0.171. The van der Waals surface area contributed by atoms with Gasteiger partial charge >= 0.3 is 0 Å². The van der Waals surface area contributed by atoms with E-state index < -0.39 is 0 Å². The lowest BCUT2D eigenvalue weighted by Gasteiger charge is -2.28. The molecule has 1 heterocycles. The molecule has 0 bridgehead atoms. The highest BCUT2D eigenvalue weighted by Crippen LogP contribution is 2.53. The molecule has 0 saturated carbocycles. The van der Waals surface area contributed by atoms with E-state index in [9.17, 15) is 0 Å². The van der Waals surface area contributed by atoms with E-state index in [1.807, 2.05) is 0 Å². The van der Waals surface area contributed by atoms with Crippen molar-refractivity contribution in [1.29, 1.82) is 0 Å². The van der Waals surface area contributed by atoms with Crippen molar-refractivity contribution in [2.75, 3.05) is 4.90 Å². The van der Waals surface area contributed by atoms with E-state index in [4.69, 9.17) is 0 Å². The Morgan fingerprint density at radius 1 is 0.424 bits per heavy atom. The highest BCUT2D eigenvalue weighted by atomic mass is 15.1. The highest BCUT2D eigenvalue weighted by molar-refractivity contribution is 6.10. The second-order valence-corrected chi connectivity index (χ2v) is 16.5. The molecule has 0 radical (unpaired) electrons.